The minimum absolute atomic E-state index is 0.556. The van der Waals surface area contributed by atoms with Crippen LogP contribution in [0.2, 0.25) is 0 Å². The molecule has 36 heavy (non-hydrogen) atoms. The van der Waals surface area contributed by atoms with E-state index in [1.165, 1.54) is 37.1 Å². The van der Waals surface area contributed by atoms with E-state index in [0.29, 0.717) is 10.9 Å². The number of likely N-dealkylation sites (tertiary alicyclic amines) is 1. The fraction of sp³-hybridized carbons (Fsp3) is 0.448. The van der Waals surface area contributed by atoms with Gasteiger partial charge in [0.05, 0.1) is 23.5 Å². The molecule has 0 amide bonds. The summed E-state index contributed by atoms with van der Waals surface area (Å²) in [6, 6.07) is 8.41. The zero-order chi connectivity index (χ0) is 25.3. The molecule has 0 saturated carbocycles. The Morgan fingerprint density at radius 3 is 2.75 bits per heavy atom. The molecule has 7 heteroatoms. The monoisotopic (exact) mass is 507 g/mol. The Morgan fingerprint density at radius 2 is 1.97 bits per heavy atom. The molecular formula is C29H38ClN5O. The molecular weight excluding hydrogens is 470 g/mol. The molecule has 2 N–H and O–H groups in total. The van der Waals surface area contributed by atoms with Gasteiger partial charge in [0.2, 0.25) is 0 Å². The number of rotatable bonds is 6. The molecule has 4 rings (SSSR count). The second-order valence-electron chi connectivity index (χ2n) is 9.63. The normalized spacial score (nSPS) is 20.3. The number of aromatic nitrogens is 1. The van der Waals surface area contributed by atoms with Gasteiger partial charge in [0.15, 0.2) is 5.84 Å². The van der Waals surface area contributed by atoms with E-state index < -0.39 is 0 Å². The van der Waals surface area contributed by atoms with Crippen LogP contribution in [0.25, 0.3) is 0 Å². The highest BCUT2D eigenvalue weighted by Crippen LogP contribution is 2.28. The highest BCUT2D eigenvalue weighted by Gasteiger charge is 2.17. The van der Waals surface area contributed by atoms with E-state index in [0.717, 1.165) is 61.2 Å². The molecule has 1 saturated heterocycles. The first-order chi connectivity index (χ1) is 17.5. The van der Waals surface area contributed by atoms with Crippen LogP contribution in [-0.4, -0.2) is 42.5 Å². The number of benzene rings is 1. The Morgan fingerprint density at radius 1 is 1.14 bits per heavy atom. The predicted molar refractivity (Wildman–Crippen MR) is 151 cm³/mol. The highest BCUT2D eigenvalue weighted by molar-refractivity contribution is 6.45. The van der Waals surface area contributed by atoms with Crippen molar-refractivity contribution in [3.8, 4) is 5.75 Å². The quantitative estimate of drug-likeness (QED) is 0.460. The molecule has 1 aromatic heterocycles. The summed E-state index contributed by atoms with van der Waals surface area (Å²) in [7, 11) is 2.21. The van der Waals surface area contributed by atoms with E-state index in [-0.39, 0.29) is 0 Å². The van der Waals surface area contributed by atoms with Crippen LogP contribution in [0.5, 0.6) is 5.75 Å². The Balaban J connectivity index is 1.60. The van der Waals surface area contributed by atoms with Crippen LogP contribution in [0, 0.1) is 5.92 Å². The maximum absolute atomic E-state index is 6.57. The molecule has 3 heterocycles. The number of nitrogens with zero attached hydrogens (tertiary/aromatic N) is 3. The van der Waals surface area contributed by atoms with E-state index in [9.17, 15) is 0 Å². The minimum Gasteiger partial charge on any atom is -0.493 e. The summed E-state index contributed by atoms with van der Waals surface area (Å²) in [5, 5.41) is 7.40. The molecule has 0 radical (unpaired) electrons. The summed E-state index contributed by atoms with van der Waals surface area (Å²) in [5.41, 5.74) is 4.18. The number of halogens is 1. The van der Waals surface area contributed by atoms with Gasteiger partial charge in [-0.1, -0.05) is 24.6 Å². The Bertz CT molecular complexity index is 1120. The number of aliphatic imine (C=N–C) groups is 1. The molecule has 1 fully saturated rings. The zero-order valence-electron chi connectivity index (χ0n) is 21.7. The van der Waals surface area contributed by atoms with Crippen LogP contribution in [0.4, 0.5) is 11.4 Å². The highest BCUT2D eigenvalue weighted by atomic mass is 35.5. The summed E-state index contributed by atoms with van der Waals surface area (Å²) in [4.78, 5) is 11.7. The second-order valence-corrected chi connectivity index (χ2v) is 10.0. The molecule has 0 atom stereocenters. The average Bonchev–Trinajstić information content (AvgIpc) is 2.89. The second kappa shape index (κ2) is 12.9. The van der Waals surface area contributed by atoms with Crippen molar-refractivity contribution < 1.29 is 4.74 Å². The first-order valence-corrected chi connectivity index (χ1v) is 13.4. The lowest BCUT2D eigenvalue weighted by molar-refractivity contribution is 0.187. The number of anilines is 2. The van der Waals surface area contributed by atoms with Crippen molar-refractivity contribution in [2.75, 3.05) is 37.4 Å². The van der Waals surface area contributed by atoms with Crippen molar-refractivity contribution in [2.45, 2.75) is 52.4 Å². The van der Waals surface area contributed by atoms with Gasteiger partial charge in [0, 0.05) is 11.9 Å². The number of amidine groups is 1. The number of nitrogens with one attached hydrogen (secondary N) is 2. The molecule has 0 unspecified atom stereocenters. The van der Waals surface area contributed by atoms with Crippen LogP contribution in [0.1, 0.15) is 50.7 Å². The van der Waals surface area contributed by atoms with Crippen molar-refractivity contribution in [2.24, 2.45) is 10.9 Å². The van der Waals surface area contributed by atoms with E-state index in [4.69, 9.17) is 21.3 Å². The predicted octanol–water partition coefficient (Wildman–Crippen LogP) is 6.61. The molecule has 6 nitrogen and oxygen atoms in total. The van der Waals surface area contributed by atoms with Crippen LogP contribution in [0.15, 0.2) is 64.7 Å². The van der Waals surface area contributed by atoms with Crippen molar-refractivity contribution >= 4 is 28.8 Å². The molecule has 4 bridgehead atoms. The number of piperidine rings is 1. The van der Waals surface area contributed by atoms with Crippen LogP contribution in [-0.2, 0) is 12.8 Å². The molecule has 1 aromatic carbocycles. The number of pyridine rings is 1. The summed E-state index contributed by atoms with van der Waals surface area (Å²) in [6.45, 7) is 7.11. The topological polar surface area (TPSA) is 61.8 Å². The van der Waals surface area contributed by atoms with E-state index in [1.807, 2.05) is 37.5 Å². The van der Waals surface area contributed by atoms with Gasteiger partial charge in [-0.05, 0) is 113 Å². The van der Waals surface area contributed by atoms with Gasteiger partial charge >= 0.3 is 0 Å². The van der Waals surface area contributed by atoms with Gasteiger partial charge in [-0.3, -0.25) is 4.98 Å². The maximum atomic E-state index is 6.57. The van der Waals surface area contributed by atoms with Crippen molar-refractivity contribution in [3.05, 3.63) is 70.8 Å². The van der Waals surface area contributed by atoms with Crippen molar-refractivity contribution in [3.63, 3.8) is 0 Å². The Labute approximate surface area is 220 Å². The third kappa shape index (κ3) is 7.34. The van der Waals surface area contributed by atoms with Crippen molar-refractivity contribution in [1.29, 1.82) is 0 Å². The molecule has 2 aromatic rings. The summed E-state index contributed by atoms with van der Waals surface area (Å²) >= 11 is 6.57. The van der Waals surface area contributed by atoms with Crippen LogP contribution in [0.3, 0.4) is 0 Å². The summed E-state index contributed by atoms with van der Waals surface area (Å²) in [6.07, 6.45) is 13.8. The first-order valence-electron chi connectivity index (χ1n) is 13.1. The lowest BCUT2D eigenvalue weighted by Gasteiger charge is -2.28. The molecule has 2 aliphatic heterocycles. The zero-order valence-corrected chi connectivity index (χ0v) is 22.4. The maximum Gasteiger partial charge on any atom is 0.151 e. The van der Waals surface area contributed by atoms with Crippen LogP contribution >= 0.6 is 11.6 Å². The lowest BCUT2D eigenvalue weighted by atomic mass is 9.94. The first kappa shape index (κ1) is 26.2. The molecule has 0 aliphatic carbocycles. The van der Waals surface area contributed by atoms with Gasteiger partial charge < -0.3 is 20.3 Å². The molecule has 192 valence electrons. The van der Waals surface area contributed by atoms with Gasteiger partial charge in [-0.2, -0.15) is 0 Å². The number of ether oxygens (including phenoxy) is 1. The summed E-state index contributed by atoms with van der Waals surface area (Å²) in [5.74, 6) is 3.03. The smallest absolute Gasteiger partial charge is 0.151 e. The number of fused-ring (bicyclic) bond motifs is 4. The average molecular weight is 508 g/mol. The third-order valence-corrected chi connectivity index (χ3v) is 7.20. The molecule has 2 aliphatic rings. The summed E-state index contributed by atoms with van der Waals surface area (Å²) < 4.78 is 6.35. The number of allylic oxidation sites excluding steroid dienone is 2. The Hall–Kier alpha value is -2.83. The van der Waals surface area contributed by atoms with Crippen LogP contribution < -0.4 is 15.4 Å². The largest absolute Gasteiger partial charge is 0.493 e. The SMILES string of the molecule is C\C=C(Cl)/C1=N\C(=C\CC)Nc2cncc(c2)CCc2cc(ccc2OCCC2CCN(C)CC2)N1. The van der Waals surface area contributed by atoms with E-state index in [2.05, 4.69) is 52.7 Å². The van der Waals surface area contributed by atoms with E-state index >= 15 is 0 Å². The van der Waals surface area contributed by atoms with Gasteiger partial charge in [0.25, 0.3) is 0 Å². The minimum atomic E-state index is 0.556. The fourth-order valence-electron chi connectivity index (χ4n) is 4.65. The Kier molecular flexibility index (Phi) is 9.42. The fourth-order valence-corrected chi connectivity index (χ4v) is 4.74. The van der Waals surface area contributed by atoms with Gasteiger partial charge in [-0.15, -0.1) is 0 Å². The lowest BCUT2D eigenvalue weighted by Crippen LogP contribution is -2.30. The standard InChI is InChI=1S/C29H38ClN5O/c1-4-6-28-32-25-17-22(19-31-20-25)7-8-23-18-24(33-29(34-28)26(30)5-2)9-10-27(23)36-16-13-21-11-14-35(3)15-12-21/h5-6,9-10,17-21,32H,4,7-8,11-16H2,1-3H3,(H,33,34)/b26-5+,28-6+. The number of aryl methyl sites for hydroxylation is 2. The molecule has 0 spiro atoms. The number of hydrogen-bond donors (Lipinski definition) is 2. The third-order valence-electron chi connectivity index (χ3n) is 6.80. The number of hydrogen-bond acceptors (Lipinski definition) is 6. The van der Waals surface area contributed by atoms with E-state index in [1.54, 1.807) is 0 Å². The van der Waals surface area contributed by atoms with Gasteiger partial charge in [-0.25, -0.2) is 4.99 Å². The van der Waals surface area contributed by atoms with Gasteiger partial charge in [0.1, 0.15) is 11.6 Å². The van der Waals surface area contributed by atoms with Crippen molar-refractivity contribution in [1.82, 2.24) is 9.88 Å².